The molecule has 2 nitrogen and oxygen atoms in total. The molecule has 0 spiro atoms. The predicted molar refractivity (Wildman–Crippen MR) is 60.6 cm³/mol. The number of benzene rings is 1. The normalized spacial score (nSPS) is 11.4. The molecular formula is C10H12ClNOS. The average Bonchev–Trinajstić information content (AvgIpc) is 2.08. The van der Waals surface area contributed by atoms with Crippen molar-refractivity contribution in [2.24, 2.45) is 5.73 Å². The van der Waals surface area contributed by atoms with Gasteiger partial charge in [0.25, 0.3) is 0 Å². The molecule has 1 amide bonds. The van der Waals surface area contributed by atoms with Crippen LogP contribution in [0.3, 0.4) is 0 Å². The first-order valence-corrected chi connectivity index (χ1v) is 5.36. The minimum absolute atomic E-state index is 0.345. The topological polar surface area (TPSA) is 43.1 Å². The predicted octanol–water partition coefficient (Wildman–Crippen LogP) is 2.70. The van der Waals surface area contributed by atoms with E-state index in [2.05, 4.69) is 0 Å². The molecular weight excluding hydrogens is 218 g/mol. The number of carbonyl (C=O) groups is 1. The van der Waals surface area contributed by atoms with E-state index in [9.17, 15) is 4.79 Å². The number of amides is 1. The van der Waals surface area contributed by atoms with Crippen molar-refractivity contribution >= 4 is 29.3 Å². The van der Waals surface area contributed by atoms with Gasteiger partial charge in [0.1, 0.15) is 0 Å². The van der Waals surface area contributed by atoms with Crippen molar-refractivity contribution in [1.29, 1.82) is 0 Å². The van der Waals surface area contributed by atoms with Crippen LogP contribution in [0, 0.1) is 0 Å². The Bertz CT molecular complexity index is 352. The van der Waals surface area contributed by atoms with Gasteiger partial charge in [-0.15, -0.1) is 11.8 Å². The van der Waals surface area contributed by atoms with Gasteiger partial charge in [-0.1, -0.05) is 23.7 Å². The fraction of sp³-hybridized carbons (Fsp3) is 0.300. The second kappa shape index (κ2) is 4.24. The van der Waals surface area contributed by atoms with E-state index in [4.69, 9.17) is 17.3 Å². The van der Waals surface area contributed by atoms with Gasteiger partial charge < -0.3 is 5.73 Å². The summed E-state index contributed by atoms with van der Waals surface area (Å²) in [5, 5.41) is 0.645. The molecule has 0 saturated carbocycles. The standard InChI is InChI=1S/C10H12ClNOS/c1-10(2,9(12)13)14-8-6-4-3-5-7(8)11/h3-6H,1-2H3,(H2,12,13). The van der Waals surface area contributed by atoms with Crippen LogP contribution in [-0.4, -0.2) is 10.7 Å². The Morgan fingerprint density at radius 2 is 2.00 bits per heavy atom. The molecule has 0 heterocycles. The van der Waals surface area contributed by atoms with Crippen LogP contribution in [0.4, 0.5) is 0 Å². The number of hydrogen-bond donors (Lipinski definition) is 1. The SMILES string of the molecule is CC(C)(Sc1ccccc1Cl)C(N)=O. The minimum Gasteiger partial charge on any atom is -0.368 e. The van der Waals surface area contributed by atoms with Gasteiger partial charge in [0.15, 0.2) is 0 Å². The van der Waals surface area contributed by atoms with E-state index in [1.54, 1.807) is 19.9 Å². The molecule has 0 aliphatic rings. The highest BCUT2D eigenvalue weighted by molar-refractivity contribution is 8.01. The monoisotopic (exact) mass is 229 g/mol. The highest BCUT2D eigenvalue weighted by Crippen LogP contribution is 2.36. The van der Waals surface area contributed by atoms with Gasteiger partial charge in [-0.25, -0.2) is 0 Å². The van der Waals surface area contributed by atoms with Crippen molar-refractivity contribution in [3.05, 3.63) is 29.3 Å². The molecule has 1 aromatic rings. The first-order chi connectivity index (χ1) is 6.43. The molecule has 0 unspecified atom stereocenters. The van der Waals surface area contributed by atoms with E-state index in [1.165, 1.54) is 11.8 Å². The average molecular weight is 230 g/mol. The van der Waals surface area contributed by atoms with Gasteiger partial charge in [-0.3, -0.25) is 4.79 Å². The zero-order chi connectivity index (χ0) is 10.8. The first-order valence-electron chi connectivity index (χ1n) is 4.17. The van der Waals surface area contributed by atoms with E-state index >= 15 is 0 Å². The first kappa shape index (κ1) is 11.4. The minimum atomic E-state index is -0.634. The summed E-state index contributed by atoms with van der Waals surface area (Å²) < 4.78 is -0.634. The molecule has 14 heavy (non-hydrogen) atoms. The fourth-order valence-electron chi connectivity index (χ4n) is 0.853. The highest BCUT2D eigenvalue weighted by atomic mass is 35.5. The van der Waals surface area contributed by atoms with Crippen LogP contribution in [0.2, 0.25) is 5.02 Å². The van der Waals surface area contributed by atoms with Crippen molar-refractivity contribution in [3.8, 4) is 0 Å². The van der Waals surface area contributed by atoms with Crippen LogP contribution in [0.5, 0.6) is 0 Å². The summed E-state index contributed by atoms with van der Waals surface area (Å²) in [5.74, 6) is -0.345. The summed E-state index contributed by atoms with van der Waals surface area (Å²) in [6.07, 6.45) is 0. The lowest BCUT2D eigenvalue weighted by molar-refractivity contribution is -0.119. The molecule has 0 atom stereocenters. The molecule has 0 aliphatic carbocycles. The fourth-order valence-corrected chi connectivity index (χ4v) is 2.07. The van der Waals surface area contributed by atoms with E-state index in [0.717, 1.165) is 4.90 Å². The summed E-state index contributed by atoms with van der Waals surface area (Å²) in [7, 11) is 0. The summed E-state index contributed by atoms with van der Waals surface area (Å²) >= 11 is 7.34. The molecule has 0 saturated heterocycles. The Morgan fingerprint density at radius 3 is 2.50 bits per heavy atom. The van der Waals surface area contributed by atoms with Gasteiger partial charge in [-0.2, -0.15) is 0 Å². The van der Waals surface area contributed by atoms with Crippen LogP contribution in [-0.2, 0) is 4.79 Å². The summed E-state index contributed by atoms with van der Waals surface area (Å²) in [6.45, 7) is 3.56. The molecule has 0 aliphatic heterocycles. The lowest BCUT2D eigenvalue weighted by Crippen LogP contribution is -2.34. The number of carbonyl (C=O) groups excluding carboxylic acids is 1. The summed E-state index contributed by atoms with van der Waals surface area (Å²) in [4.78, 5) is 12.0. The van der Waals surface area contributed by atoms with E-state index in [1.807, 2.05) is 18.2 Å². The lowest BCUT2D eigenvalue weighted by Gasteiger charge is -2.20. The Morgan fingerprint density at radius 1 is 1.43 bits per heavy atom. The molecule has 0 fully saturated rings. The summed E-state index contributed by atoms with van der Waals surface area (Å²) in [6, 6.07) is 7.40. The van der Waals surface area contributed by atoms with Crippen LogP contribution >= 0.6 is 23.4 Å². The molecule has 1 rings (SSSR count). The third-order valence-electron chi connectivity index (χ3n) is 1.80. The van der Waals surface area contributed by atoms with Crippen LogP contribution in [0.25, 0.3) is 0 Å². The van der Waals surface area contributed by atoms with Gasteiger partial charge >= 0.3 is 0 Å². The molecule has 4 heteroatoms. The number of rotatable bonds is 3. The van der Waals surface area contributed by atoms with Gasteiger partial charge in [0, 0.05) is 4.90 Å². The van der Waals surface area contributed by atoms with Crippen molar-refractivity contribution < 1.29 is 4.79 Å². The molecule has 0 bridgehead atoms. The molecule has 0 radical (unpaired) electrons. The van der Waals surface area contributed by atoms with Crippen molar-refractivity contribution in [2.45, 2.75) is 23.5 Å². The van der Waals surface area contributed by atoms with Crippen LogP contribution in [0.15, 0.2) is 29.2 Å². The van der Waals surface area contributed by atoms with Gasteiger partial charge in [0.05, 0.1) is 9.77 Å². The smallest absolute Gasteiger partial charge is 0.233 e. The maximum atomic E-state index is 11.1. The van der Waals surface area contributed by atoms with Gasteiger partial charge in [-0.05, 0) is 26.0 Å². The van der Waals surface area contributed by atoms with Crippen molar-refractivity contribution in [1.82, 2.24) is 0 Å². The Balaban J connectivity index is 2.89. The second-order valence-corrected chi connectivity index (χ2v) is 5.48. The molecule has 2 N–H and O–H groups in total. The van der Waals surface area contributed by atoms with Crippen molar-refractivity contribution in [2.75, 3.05) is 0 Å². The highest BCUT2D eigenvalue weighted by Gasteiger charge is 2.26. The molecule has 0 aromatic heterocycles. The second-order valence-electron chi connectivity index (χ2n) is 3.41. The lowest BCUT2D eigenvalue weighted by atomic mass is 10.2. The zero-order valence-corrected chi connectivity index (χ0v) is 9.65. The maximum absolute atomic E-state index is 11.1. The number of primary amides is 1. The van der Waals surface area contributed by atoms with E-state index in [0.29, 0.717) is 5.02 Å². The van der Waals surface area contributed by atoms with Crippen molar-refractivity contribution in [3.63, 3.8) is 0 Å². The number of thioether (sulfide) groups is 1. The number of hydrogen-bond acceptors (Lipinski definition) is 2. The number of halogens is 1. The largest absolute Gasteiger partial charge is 0.368 e. The van der Waals surface area contributed by atoms with E-state index < -0.39 is 4.75 Å². The number of nitrogens with two attached hydrogens (primary N) is 1. The van der Waals surface area contributed by atoms with E-state index in [-0.39, 0.29) is 5.91 Å². The zero-order valence-electron chi connectivity index (χ0n) is 8.08. The third kappa shape index (κ3) is 2.66. The summed E-state index contributed by atoms with van der Waals surface area (Å²) in [5.41, 5.74) is 5.27. The quantitative estimate of drug-likeness (QED) is 0.810. The van der Waals surface area contributed by atoms with Crippen LogP contribution < -0.4 is 5.73 Å². The Kier molecular flexibility index (Phi) is 3.45. The molecule has 1 aromatic carbocycles. The Hall–Kier alpha value is -0.670. The van der Waals surface area contributed by atoms with Crippen LogP contribution in [0.1, 0.15) is 13.8 Å². The molecule has 76 valence electrons. The van der Waals surface area contributed by atoms with Gasteiger partial charge in [0.2, 0.25) is 5.91 Å². The Labute approximate surface area is 92.8 Å². The third-order valence-corrected chi connectivity index (χ3v) is 3.52. The maximum Gasteiger partial charge on any atom is 0.233 e.